The van der Waals surface area contributed by atoms with E-state index >= 15 is 0 Å². The number of hydrogen-bond acceptors (Lipinski definition) is 4. The van der Waals surface area contributed by atoms with Crippen LogP contribution in [-0.2, 0) is 5.75 Å². The van der Waals surface area contributed by atoms with Gasteiger partial charge >= 0.3 is 0 Å². The van der Waals surface area contributed by atoms with Crippen LogP contribution in [0.5, 0.6) is 0 Å². The van der Waals surface area contributed by atoms with Crippen LogP contribution in [0.15, 0.2) is 70.6 Å². The first-order chi connectivity index (χ1) is 17.4. The van der Waals surface area contributed by atoms with Crippen LogP contribution in [0.1, 0.15) is 46.3 Å². The zero-order valence-electron chi connectivity index (χ0n) is 20.5. The van der Waals surface area contributed by atoms with Crippen molar-refractivity contribution < 1.29 is 4.79 Å². The highest BCUT2D eigenvalue weighted by Gasteiger charge is 2.20. The Morgan fingerprint density at radius 3 is 2.33 bits per heavy atom. The topological polar surface area (TPSA) is 55.2 Å². The van der Waals surface area contributed by atoms with E-state index in [1.54, 1.807) is 22.8 Å². The molecule has 1 fully saturated rings. The molecule has 0 aliphatic carbocycles. The number of hydrogen-bond donors (Lipinski definition) is 0. The Bertz CT molecular complexity index is 1470. The Morgan fingerprint density at radius 2 is 1.64 bits per heavy atom. The molecular weight excluding hydrogens is 490 g/mol. The average Bonchev–Trinajstić information content (AvgIpc) is 2.87. The standard InChI is InChI=1S/C29H28ClN3O2S/c1-19-14-20(2)16-24(15-19)33-28(35)25-11-8-22(27(34)32-12-4-3-5-13-32)17-26(25)31-29(33)36-18-21-6-9-23(30)10-7-21/h6-11,14-17H,3-5,12-13,18H2,1-2H3. The normalized spacial score (nSPS) is 13.8. The van der Waals surface area contributed by atoms with Crippen molar-refractivity contribution in [3.63, 3.8) is 0 Å². The van der Waals surface area contributed by atoms with E-state index in [-0.39, 0.29) is 11.5 Å². The fourth-order valence-electron chi connectivity index (χ4n) is 4.71. The molecule has 0 radical (unpaired) electrons. The van der Waals surface area contributed by atoms with E-state index in [1.807, 2.05) is 55.1 Å². The molecule has 5 rings (SSSR count). The van der Waals surface area contributed by atoms with Crippen LogP contribution >= 0.6 is 23.4 Å². The summed E-state index contributed by atoms with van der Waals surface area (Å²) >= 11 is 7.55. The van der Waals surface area contributed by atoms with Crippen molar-refractivity contribution in [3.05, 3.63) is 98.3 Å². The van der Waals surface area contributed by atoms with E-state index in [0.29, 0.717) is 32.4 Å². The number of carbonyl (C=O) groups excluding carboxylic acids is 1. The molecule has 2 heterocycles. The van der Waals surface area contributed by atoms with Gasteiger partial charge in [0.2, 0.25) is 0 Å². The second-order valence-electron chi connectivity index (χ2n) is 9.38. The summed E-state index contributed by atoms with van der Waals surface area (Å²) in [6.45, 7) is 5.60. The molecule has 1 saturated heterocycles. The predicted octanol–water partition coefficient (Wildman–Crippen LogP) is 6.57. The lowest BCUT2D eigenvalue weighted by molar-refractivity contribution is 0.0724. The maximum atomic E-state index is 13.8. The summed E-state index contributed by atoms with van der Waals surface area (Å²) < 4.78 is 1.69. The van der Waals surface area contributed by atoms with Gasteiger partial charge in [0.1, 0.15) is 0 Å². The number of thioether (sulfide) groups is 1. The van der Waals surface area contributed by atoms with E-state index in [1.165, 1.54) is 11.8 Å². The molecule has 1 aliphatic heterocycles. The molecule has 3 aromatic carbocycles. The molecule has 1 amide bonds. The van der Waals surface area contributed by atoms with Crippen LogP contribution in [-0.4, -0.2) is 33.4 Å². The number of fused-ring (bicyclic) bond motifs is 1. The highest BCUT2D eigenvalue weighted by molar-refractivity contribution is 7.98. The second-order valence-corrected chi connectivity index (χ2v) is 10.8. The fourth-order valence-corrected chi connectivity index (χ4v) is 5.81. The van der Waals surface area contributed by atoms with E-state index in [0.717, 1.165) is 54.7 Å². The highest BCUT2D eigenvalue weighted by atomic mass is 35.5. The zero-order chi connectivity index (χ0) is 25.2. The maximum Gasteiger partial charge on any atom is 0.266 e. The third-order valence-corrected chi connectivity index (χ3v) is 7.74. The summed E-state index contributed by atoms with van der Waals surface area (Å²) in [5.41, 5.74) is 5.01. The predicted molar refractivity (Wildman–Crippen MR) is 148 cm³/mol. The minimum Gasteiger partial charge on any atom is -0.339 e. The molecule has 0 unspecified atom stereocenters. The molecule has 5 nitrogen and oxygen atoms in total. The number of piperidine rings is 1. The van der Waals surface area contributed by atoms with Crippen LogP contribution in [0.25, 0.3) is 16.6 Å². The van der Waals surface area contributed by atoms with Crippen molar-refractivity contribution in [3.8, 4) is 5.69 Å². The van der Waals surface area contributed by atoms with Gasteiger partial charge in [0, 0.05) is 29.4 Å². The van der Waals surface area contributed by atoms with Gasteiger partial charge < -0.3 is 4.90 Å². The molecule has 0 bridgehead atoms. The SMILES string of the molecule is Cc1cc(C)cc(-n2c(SCc3ccc(Cl)cc3)nc3cc(C(=O)N4CCCCC4)ccc3c2=O)c1. The minimum atomic E-state index is -0.138. The number of carbonyl (C=O) groups is 1. The number of nitrogens with zero attached hydrogens (tertiary/aromatic N) is 3. The van der Waals surface area contributed by atoms with Crippen LogP contribution in [0.3, 0.4) is 0 Å². The van der Waals surface area contributed by atoms with E-state index in [2.05, 4.69) is 6.07 Å². The Morgan fingerprint density at radius 1 is 0.944 bits per heavy atom. The van der Waals surface area contributed by atoms with Gasteiger partial charge in [-0.25, -0.2) is 4.98 Å². The molecule has 1 aromatic heterocycles. The van der Waals surface area contributed by atoms with Crippen LogP contribution in [0.4, 0.5) is 0 Å². The maximum absolute atomic E-state index is 13.8. The molecular formula is C29H28ClN3O2S. The molecule has 1 aliphatic rings. The first-order valence-corrected chi connectivity index (χ1v) is 13.6. The van der Waals surface area contributed by atoms with Gasteiger partial charge in [-0.2, -0.15) is 0 Å². The van der Waals surface area contributed by atoms with Crippen molar-refractivity contribution in [2.45, 2.75) is 44.0 Å². The number of aryl methyl sites for hydroxylation is 2. The molecule has 0 saturated carbocycles. The van der Waals surface area contributed by atoms with Crippen molar-refractivity contribution in [1.82, 2.24) is 14.5 Å². The monoisotopic (exact) mass is 517 g/mol. The largest absolute Gasteiger partial charge is 0.339 e. The van der Waals surface area contributed by atoms with Gasteiger partial charge in [-0.15, -0.1) is 0 Å². The Balaban J connectivity index is 1.60. The zero-order valence-corrected chi connectivity index (χ0v) is 22.0. The third kappa shape index (κ3) is 5.20. The van der Waals surface area contributed by atoms with Gasteiger partial charge in [-0.3, -0.25) is 14.2 Å². The van der Waals surface area contributed by atoms with Gasteiger partial charge in [-0.05, 0) is 92.3 Å². The van der Waals surface area contributed by atoms with E-state index < -0.39 is 0 Å². The van der Waals surface area contributed by atoms with Crippen molar-refractivity contribution in [2.75, 3.05) is 13.1 Å². The summed E-state index contributed by atoms with van der Waals surface area (Å²) in [4.78, 5) is 33.7. The van der Waals surface area contributed by atoms with Crippen LogP contribution in [0, 0.1) is 13.8 Å². The number of rotatable bonds is 5. The summed E-state index contributed by atoms with van der Waals surface area (Å²) in [6.07, 6.45) is 3.22. The summed E-state index contributed by atoms with van der Waals surface area (Å²) in [7, 11) is 0. The van der Waals surface area contributed by atoms with E-state index in [9.17, 15) is 9.59 Å². The number of amides is 1. The molecule has 7 heteroatoms. The number of aromatic nitrogens is 2. The quantitative estimate of drug-likeness (QED) is 0.222. The fraction of sp³-hybridized carbons (Fsp3) is 0.276. The van der Waals surface area contributed by atoms with Crippen LogP contribution in [0.2, 0.25) is 5.02 Å². The lowest BCUT2D eigenvalue weighted by Crippen LogP contribution is -2.35. The van der Waals surface area contributed by atoms with Crippen LogP contribution < -0.4 is 5.56 Å². The summed E-state index contributed by atoms with van der Waals surface area (Å²) in [5.74, 6) is 0.638. The molecule has 0 atom stereocenters. The molecule has 0 N–H and O–H groups in total. The third-order valence-electron chi connectivity index (χ3n) is 6.47. The Labute approximate surface area is 220 Å². The first kappa shape index (κ1) is 24.6. The summed E-state index contributed by atoms with van der Waals surface area (Å²) in [6, 6.07) is 19.0. The molecule has 4 aromatic rings. The second kappa shape index (κ2) is 10.5. The first-order valence-electron chi connectivity index (χ1n) is 12.2. The minimum absolute atomic E-state index is 0.00672. The lowest BCUT2D eigenvalue weighted by atomic mass is 10.1. The van der Waals surface area contributed by atoms with Gasteiger partial charge in [0.05, 0.1) is 16.6 Å². The Hall–Kier alpha value is -3.09. The number of likely N-dealkylation sites (tertiary alicyclic amines) is 1. The summed E-state index contributed by atoms with van der Waals surface area (Å²) in [5, 5.41) is 1.78. The number of benzene rings is 3. The average molecular weight is 518 g/mol. The van der Waals surface area contributed by atoms with Gasteiger partial charge in [0.15, 0.2) is 5.16 Å². The van der Waals surface area contributed by atoms with E-state index in [4.69, 9.17) is 16.6 Å². The Kier molecular flexibility index (Phi) is 7.17. The van der Waals surface area contributed by atoms with Crippen molar-refractivity contribution >= 4 is 40.2 Å². The number of halogens is 1. The highest BCUT2D eigenvalue weighted by Crippen LogP contribution is 2.27. The molecule has 0 spiro atoms. The van der Waals surface area contributed by atoms with Crippen molar-refractivity contribution in [2.24, 2.45) is 0 Å². The molecule has 36 heavy (non-hydrogen) atoms. The van der Waals surface area contributed by atoms with Crippen molar-refractivity contribution in [1.29, 1.82) is 0 Å². The smallest absolute Gasteiger partial charge is 0.266 e. The van der Waals surface area contributed by atoms with Gasteiger partial charge in [0.25, 0.3) is 11.5 Å². The lowest BCUT2D eigenvalue weighted by Gasteiger charge is -2.26. The van der Waals surface area contributed by atoms with Gasteiger partial charge in [-0.1, -0.05) is 41.6 Å². The molecule has 184 valence electrons.